The number of fused-ring (bicyclic) bond motifs is 3. The topological polar surface area (TPSA) is 60.4 Å². The van der Waals surface area contributed by atoms with Gasteiger partial charge in [-0.1, -0.05) is 24.3 Å². The molecule has 0 fully saturated rings. The van der Waals surface area contributed by atoms with Crippen LogP contribution in [0.15, 0.2) is 47.6 Å². The first-order valence-electron chi connectivity index (χ1n) is 9.03. The van der Waals surface area contributed by atoms with E-state index < -0.39 is 0 Å². The number of nitrogens with one attached hydrogen (secondary N) is 2. The van der Waals surface area contributed by atoms with E-state index in [2.05, 4.69) is 33.7 Å². The van der Waals surface area contributed by atoms with Crippen molar-refractivity contribution < 1.29 is 5.11 Å². The highest BCUT2D eigenvalue weighted by Gasteiger charge is 2.22. The minimum Gasteiger partial charge on any atom is -0.508 e. The van der Waals surface area contributed by atoms with Crippen molar-refractivity contribution in [2.45, 2.75) is 38.1 Å². The van der Waals surface area contributed by atoms with Crippen molar-refractivity contribution in [2.75, 3.05) is 0 Å². The van der Waals surface area contributed by atoms with Crippen molar-refractivity contribution in [1.29, 1.82) is 0 Å². The third-order valence-electron chi connectivity index (χ3n) is 5.48. The van der Waals surface area contributed by atoms with Crippen molar-refractivity contribution >= 4 is 16.6 Å². The summed E-state index contributed by atoms with van der Waals surface area (Å²) in [6, 6.07) is 14.2. The number of aromatic amines is 1. The highest BCUT2D eigenvalue weighted by atomic mass is 16.3. The molecule has 1 aromatic heterocycles. The second-order valence-electron chi connectivity index (χ2n) is 7.09. The summed E-state index contributed by atoms with van der Waals surface area (Å²) in [5.41, 5.74) is 10.8. The highest BCUT2D eigenvalue weighted by Crippen LogP contribution is 2.31. The maximum absolute atomic E-state index is 9.45. The van der Waals surface area contributed by atoms with Crippen LogP contribution in [0.2, 0.25) is 0 Å². The molecule has 1 aliphatic heterocycles. The van der Waals surface area contributed by atoms with Gasteiger partial charge in [-0.05, 0) is 60.6 Å². The molecule has 126 valence electrons. The third-order valence-corrected chi connectivity index (χ3v) is 5.48. The minimum absolute atomic E-state index is 0.170. The monoisotopic (exact) mass is 331 g/mol. The van der Waals surface area contributed by atoms with Gasteiger partial charge >= 0.3 is 0 Å². The van der Waals surface area contributed by atoms with Gasteiger partial charge in [0.15, 0.2) is 0 Å². The molecule has 0 spiro atoms. The van der Waals surface area contributed by atoms with Crippen LogP contribution < -0.4 is 5.43 Å². The van der Waals surface area contributed by atoms with Gasteiger partial charge in [0.05, 0.1) is 11.8 Å². The number of phenols is 1. The Bertz CT molecular complexity index is 969. The lowest BCUT2D eigenvalue weighted by atomic mass is 9.94. The summed E-state index contributed by atoms with van der Waals surface area (Å²) in [6.45, 7) is 0. The van der Waals surface area contributed by atoms with E-state index in [0.29, 0.717) is 5.75 Å². The molecule has 25 heavy (non-hydrogen) atoms. The number of rotatable bonds is 2. The second kappa shape index (κ2) is 5.66. The molecule has 1 atom stereocenters. The van der Waals surface area contributed by atoms with Crippen LogP contribution in [0.25, 0.3) is 10.9 Å². The molecule has 0 radical (unpaired) electrons. The lowest BCUT2D eigenvalue weighted by Gasteiger charge is -2.10. The predicted octanol–water partition coefficient (Wildman–Crippen LogP) is 4.19. The number of hydrogen-bond donors (Lipinski definition) is 3. The number of nitrogens with zero attached hydrogens (tertiary/aromatic N) is 1. The van der Waals surface area contributed by atoms with Gasteiger partial charge in [-0.2, -0.15) is 5.10 Å². The van der Waals surface area contributed by atoms with Gasteiger partial charge < -0.3 is 15.5 Å². The Morgan fingerprint density at radius 1 is 1.00 bits per heavy atom. The Morgan fingerprint density at radius 2 is 1.84 bits per heavy atom. The molecule has 0 saturated heterocycles. The van der Waals surface area contributed by atoms with Crippen molar-refractivity contribution in [1.82, 2.24) is 10.4 Å². The van der Waals surface area contributed by atoms with Crippen LogP contribution in [0, 0.1) is 0 Å². The zero-order valence-corrected chi connectivity index (χ0v) is 14.0. The Morgan fingerprint density at radius 3 is 2.72 bits per heavy atom. The summed E-state index contributed by atoms with van der Waals surface area (Å²) in [6.07, 6.45) is 5.81. The largest absolute Gasteiger partial charge is 0.508 e. The van der Waals surface area contributed by atoms with E-state index in [1.807, 2.05) is 12.1 Å². The van der Waals surface area contributed by atoms with Crippen LogP contribution in [-0.2, 0) is 12.8 Å². The molecule has 2 heterocycles. The van der Waals surface area contributed by atoms with E-state index in [9.17, 15) is 5.11 Å². The van der Waals surface area contributed by atoms with Gasteiger partial charge in [0.25, 0.3) is 0 Å². The number of hydrogen-bond acceptors (Lipinski definition) is 3. The average molecular weight is 331 g/mol. The SMILES string of the molecule is Oc1ccc(C2CC(c3ccc4c5c([nH]c4c3)CCCC5)=NN2)cc1. The lowest BCUT2D eigenvalue weighted by molar-refractivity contribution is 0.474. The molecule has 0 bridgehead atoms. The van der Waals surface area contributed by atoms with Gasteiger partial charge in [0.1, 0.15) is 5.75 Å². The Labute approximate surface area is 146 Å². The summed E-state index contributed by atoms with van der Waals surface area (Å²) in [5.74, 6) is 0.295. The minimum atomic E-state index is 0.170. The summed E-state index contributed by atoms with van der Waals surface area (Å²) < 4.78 is 0. The molecule has 2 aromatic carbocycles. The number of H-pyrrole nitrogens is 1. The van der Waals surface area contributed by atoms with E-state index in [-0.39, 0.29) is 6.04 Å². The summed E-state index contributed by atoms with van der Waals surface area (Å²) in [7, 11) is 0. The van der Waals surface area contributed by atoms with Crippen LogP contribution in [0.3, 0.4) is 0 Å². The molecule has 0 saturated carbocycles. The van der Waals surface area contributed by atoms with Crippen LogP contribution in [-0.4, -0.2) is 15.8 Å². The molecule has 4 nitrogen and oxygen atoms in total. The van der Waals surface area contributed by atoms with Crippen molar-refractivity contribution in [3.63, 3.8) is 0 Å². The van der Waals surface area contributed by atoms with Gasteiger partial charge in [0, 0.05) is 23.0 Å². The van der Waals surface area contributed by atoms with Gasteiger partial charge in [-0.15, -0.1) is 0 Å². The van der Waals surface area contributed by atoms with Crippen LogP contribution in [0.1, 0.15) is 47.7 Å². The van der Waals surface area contributed by atoms with E-state index in [0.717, 1.165) is 17.7 Å². The summed E-state index contributed by atoms with van der Waals surface area (Å²) >= 11 is 0. The maximum Gasteiger partial charge on any atom is 0.115 e. The average Bonchev–Trinajstić information content (AvgIpc) is 3.26. The zero-order chi connectivity index (χ0) is 16.8. The summed E-state index contributed by atoms with van der Waals surface area (Å²) in [4.78, 5) is 3.63. The zero-order valence-electron chi connectivity index (χ0n) is 14.0. The first-order chi connectivity index (χ1) is 12.3. The number of aryl methyl sites for hydroxylation is 2. The van der Waals surface area contributed by atoms with Gasteiger partial charge in [0.2, 0.25) is 0 Å². The standard InChI is InChI=1S/C21H21N3O/c25-15-8-5-13(6-9-15)19-12-20(24-23-19)14-7-10-17-16-3-1-2-4-18(16)22-21(17)11-14/h5-11,19,22-23,25H,1-4,12H2. The quantitative estimate of drug-likeness (QED) is 0.659. The Balaban J connectivity index is 1.43. The van der Waals surface area contributed by atoms with Crippen LogP contribution in [0.4, 0.5) is 0 Å². The molecule has 1 aliphatic carbocycles. The lowest BCUT2D eigenvalue weighted by Crippen LogP contribution is -2.09. The highest BCUT2D eigenvalue weighted by molar-refractivity contribution is 6.04. The van der Waals surface area contributed by atoms with Crippen LogP contribution in [0.5, 0.6) is 5.75 Å². The van der Waals surface area contributed by atoms with Crippen LogP contribution >= 0.6 is 0 Å². The first-order valence-corrected chi connectivity index (χ1v) is 9.03. The number of aromatic nitrogens is 1. The Kier molecular flexibility index (Phi) is 3.30. The van der Waals surface area contributed by atoms with E-state index >= 15 is 0 Å². The Hall–Kier alpha value is -2.75. The molecule has 5 rings (SSSR count). The number of benzene rings is 2. The molecule has 3 aromatic rings. The molecule has 2 aliphatic rings. The van der Waals surface area contributed by atoms with Gasteiger partial charge in [-0.3, -0.25) is 0 Å². The fourth-order valence-corrected chi connectivity index (χ4v) is 4.12. The first kappa shape index (κ1) is 14.6. The summed E-state index contributed by atoms with van der Waals surface area (Å²) in [5, 5.41) is 15.4. The third kappa shape index (κ3) is 2.49. The fourth-order valence-electron chi connectivity index (χ4n) is 4.12. The van der Waals surface area contributed by atoms with Crippen molar-refractivity contribution in [3.05, 3.63) is 64.8 Å². The van der Waals surface area contributed by atoms with E-state index in [4.69, 9.17) is 0 Å². The predicted molar refractivity (Wildman–Crippen MR) is 100 cm³/mol. The van der Waals surface area contributed by atoms with Crippen molar-refractivity contribution in [2.24, 2.45) is 5.10 Å². The molecule has 1 unspecified atom stereocenters. The van der Waals surface area contributed by atoms with E-state index in [1.54, 1.807) is 12.1 Å². The maximum atomic E-state index is 9.45. The molecule has 4 heteroatoms. The fraction of sp³-hybridized carbons (Fsp3) is 0.286. The molecular weight excluding hydrogens is 310 g/mol. The number of phenolic OH excluding ortho intramolecular Hbond substituents is 1. The number of aromatic hydroxyl groups is 1. The molecule has 3 N–H and O–H groups in total. The van der Waals surface area contributed by atoms with Gasteiger partial charge in [-0.25, -0.2) is 0 Å². The molecule has 0 amide bonds. The second-order valence-corrected chi connectivity index (χ2v) is 7.09. The normalized spacial score (nSPS) is 19.5. The number of hydrazone groups is 1. The molecular formula is C21H21N3O. The van der Waals surface area contributed by atoms with E-state index in [1.165, 1.54) is 53.4 Å². The smallest absolute Gasteiger partial charge is 0.115 e. The van der Waals surface area contributed by atoms with Crippen molar-refractivity contribution in [3.8, 4) is 5.75 Å².